The fraction of sp³-hybridized carbons (Fsp3) is 0.118. The molecule has 0 aliphatic carbocycles. The zero-order chi connectivity index (χ0) is 14.1. The lowest BCUT2D eigenvalue weighted by Crippen LogP contribution is -2.06. The SMILES string of the molecule is Cc1cc(C)cc(C(=O)c2cnc3ccccc3n2)c1. The first-order valence-corrected chi connectivity index (χ1v) is 6.48. The molecule has 0 saturated heterocycles. The molecule has 0 fully saturated rings. The third kappa shape index (κ3) is 2.30. The third-order valence-corrected chi connectivity index (χ3v) is 3.17. The van der Waals surface area contributed by atoms with Gasteiger partial charge in [-0.3, -0.25) is 9.78 Å². The van der Waals surface area contributed by atoms with Crippen LogP contribution in [0.3, 0.4) is 0 Å². The molecule has 2 aromatic carbocycles. The number of carbonyl (C=O) groups is 1. The number of hydrogen-bond donors (Lipinski definition) is 0. The molecule has 0 atom stereocenters. The smallest absolute Gasteiger partial charge is 0.212 e. The molecule has 0 saturated carbocycles. The monoisotopic (exact) mass is 262 g/mol. The fourth-order valence-corrected chi connectivity index (χ4v) is 2.32. The van der Waals surface area contributed by atoms with E-state index in [4.69, 9.17) is 0 Å². The first kappa shape index (κ1) is 12.5. The van der Waals surface area contributed by atoms with Crippen molar-refractivity contribution in [2.45, 2.75) is 13.8 Å². The molecule has 3 rings (SSSR count). The Hall–Kier alpha value is -2.55. The molecule has 1 heterocycles. The maximum absolute atomic E-state index is 12.5. The zero-order valence-electron chi connectivity index (χ0n) is 11.4. The Morgan fingerprint density at radius 3 is 2.30 bits per heavy atom. The zero-order valence-corrected chi connectivity index (χ0v) is 11.4. The highest BCUT2D eigenvalue weighted by Gasteiger charge is 2.12. The Labute approximate surface area is 117 Å². The molecular formula is C17H14N2O. The number of para-hydroxylation sites is 2. The molecular weight excluding hydrogens is 248 g/mol. The number of nitrogens with zero attached hydrogens (tertiary/aromatic N) is 2. The summed E-state index contributed by atoms with van der Waals surface area (Å²) >= 11 is 0. The highest BCUT2D eigenvalue weighted by atomic mass is 16.1. The van der Waals surface area contributed by atoms with Crippen LogP contribution in [0.25, 0.3) is 11.0 Å². The predicted molar refractivity (Wildman–Crippen MR) is 78.9 cm³/mol. The molecule has 0 bridgehead atoms. The number of rotatable bonds is 2. The first-order valence-electron chi connectivity index (χ1n) is 6.48. The molecule has 0 aliphatic rings. The van der Waals surface area contributed by atoms with Crippen molar-refractivity contribution in [3.05, 3.63) is 71.0 Å². The average Bonchev–Trinajstić information content (AvgIpc) is 2.45. The molecule has 3 nitrogen and oxygen atoms in total. The average molecular weight is 262 g/mol. The number of aromatic nitrogens is 2. The second kappa shape index (κ2) is 4.85. The second-order valence-corrected chi connectivity index (χ2v) is 4.95. The molecule has 98 valence electrons. The van der Waals surface area contributed by atoms with Gasteiger partial charge in [0, 0.05) is 5.56 Å². The van der Waals surface area contributed by atoms with Gasteiger partial charge in [-0.15, -0.1) is 0 Å². The third-order valence-electron chi connectivity index (χ3n) is 3.17. The lowest BCUT2D eigenvalue weighted by Gasteiger charge is -2.04. The fourth-order valence-electron chi connectivity index (χ4n) is 2.32. The second-order valence-electron chi connectivity index (χ2n) is 4.95. The van der Waals surface area contributed by atoms with Crippen molar-refractivity contribution in [3.8, 4) is 0 Å². The molecule has 20 heavy (non-hydrogen) atoms. The van der Waals surface area contributed by atoms with Crippen LogP contribution in [0.1, 0.15) is 27.2 Å². The van der Waals surface area contributed by atoms with E-state index in [1.54, 1.807) is 6.20 Å². The van der Waals surface area contributed by atoms with E-state index >= 15 is 0 Å². The van der Waals surface area contributed by atoms with Gasteiger partial charge in [0.15, 0.2) is 0 Å². The summed E-state index contributed by atoms with van der Waals surface area (Å²) in [5.41, 5.74) is 4.72. The van der Waals surface area contributed by atoms with Crippen LogP contribution in [0, 0.1) is 13.8 Å². The van der Waals surface area contributed by atoms with Gasteiger partial charge in [0.2, 0.25) is 5.78 Å². The minimum Gasteiger partial charge on any atom is -0.287 e. The lowest BCUT2D eigenvalue weighted by atomic mass is 10.0. The molecule has 0 aliphatic heterocycles. The van der Waals surface area contributed by atoms with Gasteiger partial charge >= 0.3 is 0 Å². The van der Waals surface area contributed by atoms with Crippen molar-refractivity contribution in [1.29, 1.82) is 0 Å². The van der Waals surface area contributed by atoms with E-state index in [-0.39, 0.29) is 5.78 Å². The summed E-state index contributed by atoms with van der Waals surface area (Å²) < 4.78 is 0. The molecule has 3 heteroatoms. The van der Waals surface area contributed by atoms with Crippen LogP contribution in [-0.4, -0.2) is 15.8 Å². The summed E-state index contributed by atoms with van der Waals surface area (Å²) in [7, 11) is 0. The van der Waals surface area contributed by atoms with Crippen LogP contribution >= 0.6 is 0 Å². The van der Waals surface area contributed by atoms with Crippen LogP contribution in [0.5, 0.6) is 0 Å². The first-order chi connectivity index (χ1) is 9.63. The lowest BCUT2D eigenvalue weighted by molar-refractivity contribution is 0.103. The van der Waals surface area contributed by atoms with E-state index < -0.39 is 0 Å². The van der Waals surface area contributed by atoms with E-state index in [9.17, 15) is 4.79 Å². The molecule has 0 unspecified atom stereocenters. The standard InChI is InChI=1S/C17H14N2O/c1-11-7-12(2)9-13(8-11)17(20)16-10-18-14-5-3-4-6-15(14)19-16/h3-10H,1-2H3. The van der Waals surface area contributed by atoms with E-state index in [1.165, 1.54) is 0 Å². The Bertz CT molecular complexity index is 789. The van der Waals surface area contributed by atoms with Crippen molar-refractivity contribution in [1.82, 2.24) is 9.97 Å². The Morgan fingerprint density at radius 1 is 0.950 bits per heavy atom. The molecule has 0 spiro atoms. The summed E-state index contributed by atoms with van der Waals surface area (Å²) in [4.78, 5) is 21.2. The van der Waals surface area contributed by atoms with Gasteiger partial charge in [0.25, 0.3) is 0 Å². The van der Waals surface area contributed by atoms with Crippen molar-refractivity contribution >= 4 is 16.8 Å². The van der Waals surface area contributed by atoms with Crippen LogP contribution in [0.4, 0.5) is 0 Å². The number of carbonyl (C=O) groups excluding carboxylic acids is 1. The van der Waals surface area contributed by atoms with Crippen molar-refractivity contribution in [2.24, 2.45) is 0 Å². The number of aryl methyl sites for hydroxylation is 2. The van der Waals surface area contributed by atoms with E-state index in [0.717, 1.165) is 22.2 Å². The maximum Gasteiger partial charge on any atom is 0.212 e. The van der Waals surface area contributed by atoms with E-state index in [0.29, 0.717) is 11.3 Å². The quantitative estimate of drug-likeness (QED) is 0.664. The van der Waals surface area contributed by atoms with Crippen molar-refractivity contribution < 1.29 is 4.79 Å². The summed E-state index contributed by atoms with van der Waals surface area (Å²) in [5.74, 6) is -0.0879. The maximum atomic E-state index is 12.5. The molecule has 0 N–H and O–H groups in total. The summed E-state index contributed by atoms with van der Waals surface area (Å²) in [6, 6.07) is 13.3. The Morgan fingerprint density at radius 2 is 1.60 bits per heavy atom. The molecule has 3 aromatic rings. The van der Waals surface area contributed by atoms with Crippen molar-refractivity contribution in [3.63, 3.8) is 0 Å². The number of hydrogen-bond acceptors (Lipinski definition) is 3. The van der Waals surface area contributed by atoms with Crippen LogP contribution < -0.4 is 0 Å². The van der Waals surface area contributed by atoms with Gasteiger partial charge in [0.1, 0.15) is 5.69 Å². The number of ketones is 1. The topological polar surface area (TPSA) is 42.9 Å². The van der Waals surface area contributed by atoms with E-state index in [1.807, 2.05) is 56.3 Å². The highest BCUT2D eigenvalue weighted by Crippen LogP contribution is 2.15. The minimum atomic E-state index is -0.0879. The predicted octanol–water partition coefficient (Wildman–Crippen LogP) is 3.48. The Kier molecular flexibility index (Phi) is 3.03. The summed E-state index contributed by atoms with van der Waals surface area (Å²) in [6.45, 7) is 3.96. The van der Waals surface area contributed by atoms with Crippen LogP contribution in [0.2, 0.25) is 0 Å². The highest BCUT2D eigenvalue weighted by molar-refractivity contribution is 6.08. The van der Waals surface area contributed by atoms with Gasteiger partial charge in [-0.2, -0.15) is 0 Å². The summed E-state index contributed by atoms with van der Waals surface area (Å²) in [5, 5.41) is 0. The van der Waals surface area contributed by atoms with Gasteiger partial charge in [-0.25, -0.2) is 4.98 Å². The minimum absolute atomic E-state index is 0.0879. The normalized spacial score (nSPS) is 10.7. The number of benzene rings is 2. The Balaban J connectivity index is 2.07. The van der Waals surface area contributed by atoms with Gasteiger partial charge in [-0.1, -0.05) is 29.3 Å². The van der Waals surface area contributed by atoms with Crippen LogP contribution in [-0.2, 0) is 0 Å². The van der Waals surface area contributed by atoms with E-state index in [2.05, 4.69) is 9.97 Å². The van der Waals surface area contributed by atoms with Crippen molar-refractivity contribution in [2.75, 3.05) is 0 Å². The van der Waals surface area contributed by atoms with Gasteiger partial charge in [-0.05, 0) is 38.1 Å². The molecule has 1 aromatic heterocycles. The molecule has 0 amide bonds. The van der Waals surface area contributed by atoms with Gasteiger partial charge < -0.3 is 0 Å². The van der Waals surface area contributed by atoms with Crippen LogP contribution in [0.15, 0.2) is 48.7 Å². The molecule has 0 radical (unpaired) electrons. The summed E-state index contributed by atoms with van der Waals surface area (Å²) in [6.07, 6.45) is 1.54. The number of fused-ring (bicyclic) bond motifs is 1. The largest absolute Gasteiger partial charge is 0.287 e. The van der Waals surface area contributed by atoms with Gasteiger partial charge in [0.05, 0.1) is 17.2 Å².